The Bertz CT molecular complexity index is 358. The largest absolute Gasteiger partial charge is 0.500 e. The van der Waals surface area contributed by atoms with Crippen LogP contribution in [-0.4, -0.2) is 26.0 Å². The minimum Gasteiger partial charge on any atom is -0.500 e. The van der Waals surface area contributed by atoms with Gasteiger partial charge in [-0.1, -0.05) is 12.8 Å². The molecule has 0 aromatic carbocycles. The molecule has 0 radical (unpaired) electrons. The fourth-order valence-electron chi connectivity index (χ4n) is 3.06. The molecule has 94 valence electrons. The second-order valence-electron chi connectivity index (χ2n) is 4.71. The lowest BCUT2D eigenvalue weighted by molar-refractivity contribution is -0.150. The maximum Gasteiger partial charge on any atom is 0.316 e. The summed E-state index contributed by atoms with van der Waals surface area (Å²) in [4.78, 5) is 23.8. The van der Waals surface area contributed by atoms with Crippen molar-refractivity contribution in [3.8, 4) is 0 Å². The van der Waals surface area contributed by atoms with Crippen molar-refractivity contribution in [3.63, 3.8) is 0 Å². The van der Waals surface area contributed by atoms with Crippen molar-refractivity contribution in [1.82, 2.24) is 0 Å². The van der Waals surface area contributed by atoms with Crippen molar-refractivity contribution in [2.75, 3.05) is 14.2 Å². The van der Waals surface area contributed by atoms with Gasteiger partial charge in [0.2, 0.25) is 0 Å². The molecule has 2 aliphatic carbocycles. The first-order chi connectivity index (χ1) is 8.19. The maximum atomic E-state index is 11.9. The van der Waals surface area contributed by atoms with Crippen molar-refractivity contribution in [2.24, 2.45) is 17.8 Å². The third kappa shape index (κ3) is 2.08. The molecule has 0 spiro atoms. The van der Waals surface area contributed by atoms with Crippen molar-refractivity contribution >= 4 is 11.8 Å². The van der Waals surface area contributed by atoms with Crippen LogP contribution in [0.2, 0.25) is 0 Å². The zero-order valence-corrected chi connectivity index (χ0v) is 10.3. The molecule has 0 heterocycles. The van der Waals surface area contributed by atoms with Crippen LogP contribution >= 0.6 is 0 Å². The number of ketones is 1. The summed E-state index contributed by atoms with van der Waals surface area (Å²) in [6.45, 7) is 0. The first-order valence-corrected chi connectivity index (χ1v) is 6.06. The number of carbonyl (C=O) groups excluding carboxylic acids is 2. The SMILES string of the molecule is COC(=O)C1C(OC)=CC(=O)C2CCCCC21. The molecule has 1 fully saturated rings. The van der Waals surface area contributed by atoms with E-state index in [9.17, 15) is 9.59 Å². The summed E-state index contributed by atoms with van der Waals surface area (Å²) in [6.07, 6.45) is 5.39. The lowest BCUT2D eigenvalue weighted by Gasteiger charge is -2.38. The van der Waals surface area contributed by atoms with Crippen LogP contribution in [0.25, 0.3) is 0 Å². The zero-order valence-electron chi connectivity index (χ0n) is 10.3. The predicted molar refractivity (Wildman–Crippen MR) is 61.1 cm³/mol. The number of allylic oxidation sites excluding steroid dienone is 1. The van der Waals surface area contributed by atoms with Crippen molar-refractivity contribution in [2.45, 2.75) is 25.7 Å². The zero-order chi connectivity index (χ0) is 12.4. The number of ether oxygens (including phenoxy) is 2. The van der Waals surface area contributed by atoms with E-state index in [4.69, 9.17) is 9.47 Å². The van der Waals surface area contributed by atoms with Crippen LogP contribution in [0, 0.1) is 17.8 Å². The molecule has 0 amide bonds. The van der Waals surface area contributed by atoms with Gasteiger partial charge in [-0.3, -0.25) is 9.59 Å². The summed E-state index contributed by atoms with van der Waals surface area (Å²) in [5, 5.41) is 0. The average molecular weight is 238 g/mol. The molecule has 0 aliphatic heterocycles. The Kier molecular flexibility index (Phi) is 3.50. The monoisotopic (exact) mass is 238 g/mol. The van der Waals surface area contributed by atoms with Crippen molar-refractivity contribution in [3.05, 3.63) is 11.8 Å². The van der Waals surface area contributed by atoms with E-state index in [-0.39, 0.29) is 23.6 Å². The maximum absolute atomic E-state index is 11.9. The molecule has 4 nitrogen and oxygen atoms in total. The topological polar surface area (TPSA) is 52.6 Å². The van der Waals surface area contributed by atoms with Gasteiger partial charge in [0.1, 0.15) is 11.7 Å². The average Bonchev–Trinajstić information content (AvgIpc) is 2.37. The number of hydrogen-bond donors (Lipinski definition) is 0. The van der Waals surface area contributed by atoms with Gasteiger partial charge in [-0.05, 0) is 18.8 Å². The molecule has 4 heteroatoms. The smallest absolute Gasteiger partial charge is 0.316 e. The normalized spacial score (nSPS) is 32.5. The second-order valence-corrected chi connectivity index (χ2v) is 4.71. The van der Waals surface area contributed by atoms with Gasteiger partial charge < -0.3 is 9.47 Å². The summed E-state index contributed by atoms with van der Waals surface area (Å²) in [7, 11) is 2.88. The summed E-state index contributed by atoms with van der Waals surface area (Å²) in [6, 6.07) is 0. The lowest BCUT2D eigenvalue weighted by Crippen LogP contribution is -2.41. The Morgan fingerprint density at radius 2 is 2.00 bits per heavy atom. The Balaban J connectivity index is 2.34. The number of rotatable bonds is 2. The molecule has 1 saturated carbocycles. The third-order valence-corrected chi connectivity index (χ3v) is 3.89. The first kappa shape index (κ1) is 12.1. The molecule has 0 aromatic heterocycles. The molecule has 3 atom stereocenters. The van der Waals surface area contributed by atoms with Crippen LogP contribution in [0.4, 0.5) is 0 Å². The second kappa shape index (κ2) is 4.90. The van der Waals surface area contributed by atoms with Gasteiger partial charge in [-0.2, -0.15) is 0 Å². The van der Waals surface area contributed by atoms with E-state index >= 15 is 0 Å². The fraction of sp³-hybridized carbons (Fsp3) is 0.692. The van der Waals surface area contributed by atoms with Gasteiger partial charge in [-0.25, -0.2) is 0 Å². The fourth-order valence-corrected chi connectivity index (χ4v) is 3.06. The standard InChI is InChI=1S/C13H18O4/c1-16-11-7-10(14)8-5-3-4-6-9(8)12(11)13(15)17-2/h7-9,12H,3-6H2,1-2H3. The van der Waals surface area contributed by atoms with E-state index in [1.807, 2.05) is 0 Å². The van der Waals surface area contributed by atoms with E-state index in [2.05, 4.69) is 0 Å². The van der Waals surface area contributed by atoms with Gasteiger partial charge in [0.25, 0.3) is 0 Å². The van der Waals surface area contributed by atoms with Gasteiger partial charge in [-0.15, -0.1) is 0 Å². The quantitative estimate of drug-likeness (QED) is 0.687. The highest BCUT2D eigenvalue weighted by Crippen LogP contribution is 2.42. The van der Waals surface area contributed by atoms with Crippen LogP contribution in [0.5, 0.6) is 0 Å². The van der Waals surface area contributed by atoms with E-state index in [1.165, 1.54) is 20.3 Å². The van der Waals surface area contributed by atoms with Gasteiger partial charge in [0, 0.05) is 12.0 Å². The highest BCUT2D eigenvalue weighted by atomic mass is 16.5. The van der Waals surface area contributed by atoms with Crippen LogP contribution < -0.4 is 0 Å². The summed E-state index contributed by atoms with van der Waals surface area (Å²) in [5.74, 6) is -0.0809. The minimum absolute atomic E-state index is 0.0215. The number of methoxy groups -OCH3 is 2. The van der Waals surface area contributed by atoms with Gasteiger partial charge in [0.15, 0.2) is 5.78 Å². The van der Waals surface area contributed by atoms with Gasteiger partial charge in [0.05, 0.1) is 14.2 Å². The Morgan fingerprint density at radius 3 is 2.65 bits per heavy atom. The number of fused-ring (bicyclic) bond motifs is 1. The van der Waals surface area contributed by atoms with Crippen LogP contribution in [-0.2, 0) is 19.1 Å². The van der Waals surface area contributed by atoms with Crippen molar-refractivity contribution in [1.29, 1.82) is 0 Å². The molecule has 3 unspecified atom stereocenters. The van der Waals surface area contributed by atoms with E-state index in [1.54, 1.807) is 0 Å². The Labute approximate surface area is 101 Å². The Hall–Kier alpha value is -1.32. The minimum atomic E-state index is -0.395. The highest BCUT2D eigenvalue weighted by Gasteiger charge is 2.45. The molecule has 0 aromatic rings. The van der Waals surface area contributed by atoms with Crippen LogP contribution in [0.3, 0.4) is 0 Å². The summed E-state index contributed by atoms with van der Waals surface area (Å²) >= 11 is 0. The highest BCUT2D eigenvalue weighted by molar-refractivity contribution is 5.95. The van der Waals surface area contributed by atoms with Crippen LogP contribution in [0.1, 0.15) is 25.7 Å². The molecule has 0 N–H and O–H groups in total. The number of esters is 1. The molecule has 2 rings (SSSR count). The number of hydrogen-bond acceptors (Lipinski definition) is 4. The summed E-state index contributed by atoms with van der Waals surface area (Å²) < 4.78 is 10.0. The first-order valence-electron chi connectivity index (χ1n) is 6.06. The molecular formula is C13H18O4. The van der Waals surface area contributed by atoms with E-state index in [0.29, 0.717) is 5.76 Å². The van der Waals surface area contributed by atoms with E-state index < -0.39 is 5.92 Å². The summed E-state index contributed by atoms with van der Waals surface area (Å²) in [5.41, 5.74) is 0. The molecule has 0 bridgehead atoms. The third-order valence-electron chi connectivity index (χ3n) is 3.89. The predicted octanol–water partition coefficient (Wildman–Crippen LogP) is 1.69. The molecular weight excluding hydrogens is 220 g/mol. The van der Waals surface area contributed by atoms with Crippen molar-refractivity contribution < 1.29 is 19.1 Å². The lowest BCUT2D eigenvalue weighted by atomic mass is 9.67. The molecule has 17 heavy (non-hydrogen) atoms. The molecule has 0 saturated heterocycles. The Morgan fingerprint density at radius 1 is 1.29 bits per heavy atom. The van der Waals surface area contributed by atoms with Crippen LogP contribution in [0.15, 0.2) is 11.8 Å². The van der Waals surface area contributed by atoms with E-state index in [0.717, 1.165) is 25.7 Å². The number of carbonyl (C=O) groups is 2. The van der Waals surface area contributed by atoms with Gasteiger partial charge >= 0.3 is 5.97 Å². The molecule has 2 aliphatic rings.